The summed E-state index contributed by atoms with van der Waals surface area (Å²) in [6, 6.07) is 7.62. The zero-order valence-electron chi connectivity index (χ0n) is 14.8. The van der Waals surface area contributed by atoms with Crippen molar-refractivity contribution in [3.63, 3.8) is 0 Å². The second-order valence-electron chi connectivity index (χ2n) is 5.64. The van der Waals surface area contributed by atoms with Crippen LogP contribution < -0.4 is 10.1 Å². The predicted octanol–water partition coefficient (Wildman–Crippen LogP) is 3.23. The van der Waals surface area contributed by atoms with Gasteiger partial charge in [-0.05, 0) is 43.7 Å². The molecule has 0 saturated heterocycles. The van der Waals surface area contributed by atoms with Crippen LogP contribution in [-0.4, -0.2) is 30.0 Å². The van der Waals surface area contributed by atoms with Crippen LogP contribution in [0.5, 0.6) is 5.75 Å². The van der Waals surface area contributed by atoms with Crippen LogP contribution in [0.2, 0.25) is 0 Å². The fraction of sp³-hybridized carbons (Fsp3) is 0.222. The van der Waals surface area contributed by atoms with Crippen molar-refractivity contribution in [3.05, 3.63) is 63.5 Å². The number of hydrogen-bond donors (Lipinski definition) is 1. The monoisotopic (exact) mass is 376 g/mol. The van der Waals surface area contributed by atoms with Gasteiger partial charge in [-0.1, -0.05) is 6.07 Å². The van der Waals surface area contributed by atoms with Gasteiger partial charge in [0.2, 0.25) is 5.82 Å². The van der Waals surface area contributed by atoms with Crippen LogP contribution in [0.1, 0.15) is 22.8 Å². The SMILES string of the molecule is COc1cc(C(=O)O[C@H](C)C(=O)Nc2ccc(F)c([N+](=O)[O-])c2)ccc1C. The zero-order chi connectivity index (χ0) is 20.1. The van der Waals surface area contributed by atoms with E-state index in [1.54, 1.807) is 6.07 Å². The number of hydrogen-bond acceptors (Lipinski definition) is 6. The molecule has 0 fully saturated rings. The second-order valence-corrected chi connectivity index (χ2v) is 5.64. The Balaban J connectivity index is 2.06. The van der Waals surface area contributed by atoms with Gasteiger partial charge in [-0.2, -0.15) is 4.39 Å². The van der Waals surface area contributed by atoms with Crippen LogP contribution in [0.3, 0.4) is 0 Å². The number of carbonyl (C=O) groups excluding carboxylic acids is 2. The number of nitrogens with zero attached hydrogens (tertiary/aromatic N) is 1. The highest BCUT2D eigenvalue weighted by molar-refractivity contribution is 5.97. The van der Waals surface area contributed by atoms with E-state index in [1.165, 1.54) is 32.2 Å². The second kappa shape index (κ2) is 8.26. The number of aryl methyl sites for hydroxylation is 1. The average Bonchev–Trinajstić information content (AvgIpc) is 2.63. The molecule has 0 aliphatic carbocycles. The zero-order valence-corrected chi connectivity index (χ0v) is 14.8. The van der Waals surface area contributed by atoms with E-state index >= 15 is 0 Å². The molecule has 0 bridgehead atoms. The van der Waals surface area contributed by atoms with Crippen LogP contribution in [0.4, 0.5) is 15.8 Å². The fourth-order valence-electron chi connectivity index (χ4n) is 2.20. The third-order valence-corrected chi connectivity index (χ3v) is 3.71. The molecule has 27 heavy (non-hydrogen) atoms. The lowest BCUT2D eigenvalue weighted by Crippen LogP contribution is -2.30. The number of halogens is 1. The third kappa shape index (κ3) is 4.78. The number of nitro benzene ring substituents is 1. The normalized spacial score (nSPS) is 11.4. The molecule has 0 radical (unpaired) electrons. The molecule has 142 valence electrons. The first-order valence-electron chi connectivity index (χ1n) is 7.83. The maximum absolute atomic E-state index is 13.3. The number of carbonyl (C=O) groups is 2. The van der Waals surface area contributed by atoms with E-state index in [-0.39, 0.29) is 11.3 Å². The smallest absolute Gasteiger partial charge is 0.339 e. The molecule has 0 aliphatic rings. The number of anilines is 1. The predicted molar refractivity (Wildman–Crippen MR) is 94.3 cm³/mol. The van der Waals surface area contributed by atoms with Crippen molar-refractivity contribution in [3.8, 4) is 5.75 Å². The highest BCUT2D eigenvalue weighted by atomic mass is 19.1. The Bertz CT molecular complexity index is 899. The first-order chi connectivity index (χ1) is 12.7. The summed E-state index contributed by atoms with van der Waals surface area (Å²) >= 11 is 0. The lowest BCUT2D eigenvalue weighted by molar-refractivity contribution is -0.387. The lowest BCUT2D eigenvalue weighted by atomic mass is 10.1. The molecule has 1 amide bonds. The van der Waals surface area contributed by atoms with Gasteiger partial charge >= 0.3 is 11.7 Å². The van der Waals surface area contributed by atoms with Crippen molar-refractivity contribution in [1.29, 1.82) is 0 Å². The van der Waals surface area contributed by atoms with Crippen molar-refractivity contribution in [1.82, 2.24) is 0 Å². The number of esters is 1. The van der Waals surface area contributed by atoms with Crippen LogP contribution in [0.15, 0.2) is 36.4 Å². The van der Waals surface area contributed by atoms with Crippen molar-refractivity contribution < 1.29 is 28.4 Å². The summed E-state index contributed by atoms with van der Waals surface area (Å²) in [6.45, 7) is 3.16. The summed E-state index contributed by atoms with van der Waals surface area (Å²) in [4.78, 5) is 34.2. The summed E-state index contributed by atoms with van der Waals surface area (Å²) in [5.74, 6) is -1.98. The van der Waals surface area contributed by atoms with Crippen molar-refractivity contribution in [2.75, 3.05) is 12.4 Å². The molecule has 8 nitrogen and oxygen atoms in total. The van der Waals surface area contributed by atoms with Crippen LogP contribution in [0.25, 0.3) is 0 Å². The molecular weight excluding hydrogens is 359 g/mol. The largest absolute Gasteiger partial charge is 0.496 e. The Hall–Kier alpha value is -3.49. The van der Waals surface area contributed by atoms with Gasteiger partial charge in [-0.25, -0.2) is 4.79 Å². The molecule has 0 aliphatic heterocycles. The Morgan fingerprint density at radius 3 is 2.56 bits per heavy atom. The molecular formula is C18H17FN2O6. The van der Waals surface area contributed by atoms with Gasteiger partial charge in [0.05, 0.1) is 17.6 Å². The molecule has 2 rings (SSSR count). The van der Waals surface area contributed by atoms with E-state index in [9.17, 15) is 24.1 Å². The Labute approximate surface area is 154 Å². The molecule has 9 heteroatoms. The highest BCUT2D eigenvalue weighted by Crippen LogP contribution is 2.22. The number of benzene rings is 2. The van der Waals surface area contributed by atoms with Crippen molar-refractivity contribution >= 4 is 23.3 Å². The number of rotatable bonds is 6. The maximum Gasteiger partial charge on any atom is 0.339 e. The molecule has 0 saturated carbocycles. The summed E-state index contributed by atoms with van der Waals surface area (Å²) < 4.78 is 23.6. The van der Waals surface area contributed by atoms with E-state index < -0.39 is 34.4 Å². The summed E-state index contributed by atoms with van der Waals surface area (Å²) in [5, 5.41) is 13.1. The highest BCUT2D eigenvalue weighted by Gasteiger charge is 2.21. The number of nitro groups is 1. The molecule has 0 spiro atoms. The number of methoxy groups -OCH3 is 1. The van der Waals surface area contributed by atoms with Gasteiger partial charge in [-0.3, -0.25) is 14.9 Å². The van der Waals surface area contributed by atoms with E-state index in [1.807, 2.05) is 6.92 Å². The van der Waals surface area contributed by atoms with Gasteiger partial charge in [0.15, 0.2) is 6.10 Å². The third-order valence-electron chi connectivity index (χ3n) is 3.71. The van der Waals surface area contributed by atoms with Gasteiger partial charge in [0.25, 0.3) is 5.91 Å². The standard InChI is InChI=1S/C18H17FN2O6/c1-10-4-5-12(8-16(10)26-3)18(23)27-11(2)17(22)20-13-6-7-14(19)15(9-13)21(24)25/h4-9,11H,1-3H3,(H,20,22)/t11-/m1/s1. The topological polar surface area (TPSA) is 108 Å². The van der Waals surface area contributed by atoms with Gasteiger partial charge in [0.1, 0.15) is 5.75 Å². The minimum Gasteiger partial charge on any atom is -0.496 e. The first kappa shape index (κ1) is 19.8. The minimum absolute atomic E-state index is 0.00741. The van der Waals surface area contributed by atoms with Gasteiger partial charge in [-0.15, -0.1) is 0 Å². The first-order valence-corrected chi connectivity index (χ1v) is 7.83. The molecule has 2 aromatic carbocycles. The Kier molecular flexibility index (Phi) is 6.07. The van der Waals surface area contributed by atoms with Crippen LogP contribution >= 0.6 is 0 Å². The van der Waals surface area contributed by atoms with E-state index in [0.29, 0.717) is 5.75 Å². The quantitative estimate of drug-likeness (QED) is 0.471. The van der Waals surface area contributed by atoms with Crippen molar-refractivity contribution in [2.45, 2.75) is 20.0 Å². The van der Waals surface area contributed by atoms with E-state index in [0.717, 1.165) is 17.7 Å². The summed E-state index contributed by atoms with van der Waals surface area (Å²) in [5.41, 5.74) is 0.268. The summed E-state index contributed by atoms with van der Waals surface area (Å²) in [7, 11) is 1.47. The van der Waals surface area contributed by atoms with Gasteiger partial charge < -0.3 is 14.8 Å². The van der Waals surface area contributed by atoms with E-state index in [4.69, 9.17) is 9.47 Å². The number of nitrogens with one attached hydrogen (secondary N) is 1. The molecule has 1 atom stereocenters. The molecule has 0 aromatic heterocycles. The molecule has 1 N–H and O–H groups in total. The molecule has 0 heterocycles. The molecule has 2 aromatic rings. The molecule has 0 unspecified atom stereocenters. The van der Waals surface area contributed by atoms with Crippen LogP contribution in [0, 0.1) is 22.9 Å². The summed E-state index contributed by atoms with van der Waals surface area (Å²) in [6.07, 6.45) is -1.19. The lowest BCUT2D eigenvalue weighted by Gasteiger charge is -2.14. The average molecular weight is 376 g/mol. The maximum atomic E-state index is 13.3. The van der Waals surface area contributed by atoms with Crippen molar-refractivity contribution in [2.24, 2.45) is 0 Å². The number of ether oxygens (including phenoxy) is 2. The van der Waals surface area contributed by atoms with Gasteiger partial charge in [0, 0.05) is 11.8 Å². The van der Waals surface area contributed by atoms with E-state index in [2.05, 4.69) is 5.32 Å². The fourth-order valence-corrected chi connectivity index (χ4v) is 2.20. The Morgan fingerprint density at radius 2 is 1.93 bits per heavy atom. The minimum atomic E-state index is -1.19. The van der Waals surface area contributed by atoms with Crippen LogP contribution in [-0.2, 0) is 9.53 Å². The Morgan fingerprint density at radius 1 is 1.22 bits per heavy atom. The number of amides is 1.